The van der Waals surface area contributed by atoms with Gasteiger partial charge in [-0.05, 0) is 23.6 Å². The van der Waals surface area contributed by atoms with E-state index in [0.29, 0.717) is 0 Å². The summed E-state index contributed by atoms with van der Waals surface area (Å²) < 4.78 is 0. The molecule has 0 radical (unpaired) electrons. The summed E-state index contributed by atoms with van der Waals surface area (Å²) in [4.78, 5) is 3.97. The quantitative estimate of drug-likeness (QED) is 0.806. The first-order valence-electron chi connectivity index (χ1n) is 5.03. The Balaban J connectivity index is 2.44. The van der Waals surface area contributed by atoms with Crippen LogP contribution in [0, 0.1) is 0 Å². The molecule has 2 aromatic rings. The Kier molecular flexibility index (Phi) is 2.68. The summed E-state index contributed by atoms with van der Waals surface area (Å²) in [5.74, 6) is 0.203. The van der Waals surface area contributed by atoms with Crippen LogP contribution in [0.1, 0.15) is 12.5 Å². The van der Waals surface area contributed by atoms with E-state index in [2.05, 4.69) is 24.0 Å². The molecule has 1 aromatic carbocycles. The smallest absolute Gasteiger partial charge is 0.134 e. The van der Waals surface area contributed by atoms with Gasteiger partial charge in [-0.2, -0.15) is 0 Å². The predicted octanol–water partition coefficient (Wildman–Crippen LogP) is 3.02. The Labute approximate surface area is 89.2 Å². The molecule has 2 nitrogen and oxygen atoms in total. The van der Waals surface area contributed by atoms with E-state index >= 15 is 0 Å². The number of aromatic nitrogens is 1. The average molecular weight is 199 g/mol. The van der Waals surface area contributed by atoms with E-state index in [9.17, 15) is 5.11 Å². The summed E-state index contributed by atoms with van der Waals surface area (Å²) in [6.45, 7) is 2.12. The van der Waals surface area contributed by atoms with Gasteiger partial charge in [0.1, 0.15) is 5.75 Å². The number of benzene rings is 1. The topological polar surface area (TPSA) is 33.1 Å². The minimum absolute atomic E-state index is 0.203. The van der Waals surface area contributed by atoms with Crippen molar-refractivity contribution in [3.8, 4) is 16.9 Å². The highest BCUT2D eigenvalue weighted by atomic mass is 16.3. The molecule has 2 rings (SSSR count). The highest BCUT2D eigenvalue weighted by Crippen LogP contribution is 2.22. The molecular formula is C13H13NO. The Hall–Kier alpha value is -1.83. The molecule has 2 heteroatoms. The van der Waals surface area contributed by atoms with Crippen LogP contribution in [0.25, 0.3) is 11.1 Å². The summed E-state index contributed by atoms with van der Waals surface area (Å²) in [6.07, 6.45) is 4.21. The molecule has 0 bridgehead atoms. The van der Waals surface area contributed by atoms with E-state index in [-0.39, 0.29) is 5.75 Å². The Bertz CT molecular complexity index is 466. The lowest BCUT2D eigenvalue weighted by atomic mass is 10.0. The van der Waals surface area contributed by atoms with Crippen LogP contribution in [0.3, 0.4) is 0 Å². The lowest BCUT2D eigenvalue weighted by Crippen LogP contribution is -1.83. The van der Waals surface area contributed by atoms with Gasteiger partial charge in [0.15, 0.2) is 0 Å². The third-order valence-electron chi connectivity index (χ3n) is 2.39. The number of nitrogens with zero attached hydrogens (tertiary/aromatic N) is 1. The number of aromatic hydroxyl groups is 1. The van der Waals surface area contributed by atoms with Gasteiger partial charge in [0.25, 0.3) is 0 Å². The molecule has 0 aliphatic carbocycles. The van der Waals surface area contributed by atoms with Gasteiger partial charge in [-0.25, -0.2) is 0 Å². The second-order valence-corrected chi connectivity index (χ2v) is 3.49. The lowest BCUT2D eigenvalue weighted by molar-refractivity contribution is 0.473. The molecule has 76 valence electrons. The lowest BCUT2D eigenvalue weighted by Gasteiger charge is -2.03. The third kappa shape index (κ3) is 2.15. The van der Waals surface area contributed by atoms with Gasteiger partial charge in [-0.1, -0.05) is 31.2 Å². The van der Waals surface area contributed by atoms with Crippen LogP contribution in [-0.4, -0.2) is 10.1 Å². The van der Waals surface area contributed by atoms with E-state index in [1.165, 1.54) is 11.8 Å². The molecule has 1 aromatic heterocycles. The minimum atomic E-state index is 0.203. The van der Waals surface area contributed by atoms with Crippen molar-refractivity contribution >= 4 is 0 Å². The van der Waals surface area contributed by atoms with Crippen molar-refractivity contribution in [2.45, 2.75) is 13.3 Å². The Morgan fingerprint density at radius 1 is 1.13 bits per heavy atom. The van der Waals surface area contributed by atoms with E-state index in [4.69, 9.17) is 0 Å². The molecule has 0 atom stereocenters. The zero-order valence-corrected chi connectivity index (χ0v) is 8.64. The van der Waals surface area contributed by atoms with Crippen LogP contribution < -0.4 is 0 Å². The molecule has 1 N–H and O–H groups in total. The van der Waals surface area contributed by atoms with Crippen LogP contribution in [0.5, 0.6) is 5.75 Å². The number of hydrogen-bond acceptors (Lipinski definition) is 2. The number of rotatable bonds is 2. The van der Waals surface area contributed by atoms with Crippen LogP contribution in [-0.2, 0) is 6.42 Å². The standard InChI is InChI=1S/C13H13NO/c1-2-10-4-3-5-11(6-10)12-7-13(15)9-14-8-12/h3-9,15H,2H2,1H3. The normalized spacial score (nSPS) is 10.2. The van der Waals surface area contributed by atoms with Crippen molar-refractivity contribution in [2.24, 2.45) is 0 Å². The summed E-state index contributed by atoms with van der Waals surface area (Å²) in [5, 5.41) is 9.34. The van der Waals surface area contributed by atoms with Gasteiger partial charge in [-0.15, -0.1) is 0 Å². The number of pyridine rings is 1. The molecule has 0 saturated carbocycles. The number of hydrogen-bond donors (Lipinski definition) is 1. The van der Waals surface area contributed by atoms with Gasteiger partial charge >= 0.3 is 0 Å². The number of aryl methyl sites for hydroxylation is 1. The van der Waals surface area contributed by atoms with E-state index < -0.39 is 0 Å². The average Bonchev–Trinajstić information content (AvgIpc) is 2.29. The fourth-order valence-corrected chi connectivity index (χ4v) is 1.56. The predicted molar refractivity (Wildman–Crippen MR) is 60.7 cm³/mol. The first-order chi connectivity index (χ1) is 7.29. The van der Waals surface area contributed by atoms with Gasteiger partial charge in [-0.3, -0.25) is 4.98 Å². The summed E-state index contributed by atoms with van der Waals surface area (Å²) in [6, 6.07) is 9.99. The van der Waals surface area contributed by atoms with Crippen LogP contribution in [0.4, 0.5) is 0 Å². The molecule has 0 amide bonds. The second-order valence-electron chi connectivity index (χ2n) is 3.49. The minimum Gasteiger partial charge on any atom is -0.506 e. The van der Waals surface area contributed by atoms with Crippen molar-refractivity contribution in [1.82, 2.24) is 4.98 Å². The SMILES string of the molecule is CCc1cccc(-c2cncc(O)c2)c1. The molecule has 0 aliphatic heterocycles. The monoisotopic (exact) mass is 199 g/mol. The first kappa shape index (κ1) is 9.71. The maximum absolute atomic E-state index is 9.34. The Morgan fingerprint density at radius 3 is 2.73 bits per heavy atom. The van der Waals surface area contributed by atoms with Crippen LogP contribution in [0.15, 0.2) is 42.7 Å². The van der Waals surface area contributed by atoms with Crippen molar-refractivity contribution in [1.29, 1.82) is 0 Å². The largest absolute Gasteiger partial charge is 0.506 e. The highest BCUT2D eigenvalue weighted by Gasteiger charge is 1.99. The second kappa shape index (κ2) is 4.13. The molecule has 15 heavy (non-hydrogen) atoms. The van der Waals surface area contributed by atoms with Gasteiger partial charge in [0, 0.05) is 11.8 Å². The van der Waals surface area contributed by atoms with Crippen LogP contribution >= 0.6 is 0 Å². The molecular weight excluding hydrogens is 186 g/mol. The van der Waals surface area contributed by atoms with E-state index in [0.717, 1.165) is 17.5 Å². The van der Waals surface area contributed by atoms with Gasteiger partial charge in [0.2, 0.25) is 0 Å². The molecule has 0 saturated heterocycles. The van der Waals surface area contributed by atoms with E-state index in [1.54, 1.807) is 12.3 Å². The summed E-state index contributed by atoms with van der Waals surface area (Å²) in [7, 11) is 0. The Morgan fingerprint density at radius 2 is 2.00 bits per heavy atom. The van der Waals surface area contributed by atoms with Crippen molar-refractivity contribution in [3.05, 3.63) is 48.3 Å². The fraction of sp³-hybridized carbons (Fsp3) is 0.154. The third-order valence-corrected chi connectivity index (χ3v) is 2.39. The molecule has 0 unspecified atom stereocenters. The maximum Gasteiger partial charge on any atom is 0.134 e. The molecule has 0 spiro atoms. The van der Waals surface area contributed by atoms with Crippen molar-refractivity contribution < 1.29 is 5.11 Å². The van der Waals surface area contributed by atoms with Crippen LogP contribution in [0.2, 0.25) is 0 Å². The maximum atomic E-state index is 9.34. The molecule has 1 heterocycles. The molecule has 0 aliphatic rings. The van der Waals surface area contributed by atoms with Crippen molar-refractivity contribution in [2.75, 3.05) is 0 Å². The fourth-order valence-electron chi connectivity index (χ4n) is 1.56. The zero-order chi connectivity index (χ0) is 10.7. The molecule has 0 fully saturated rings. The van der Waals surface area contributed by atoms with Gasteiger partial charge < -0.3 is 5.11 Å². The first-order valence-corrected chi connectivity index (χ1v) is 5.03. The zero-order valence-electron chi connectivity index (χ0n) is 8.64. The van der Waals surface area contributed by atoms with Gasteiger partial charge in [0.05, 0.1) is 6.20 Å². The summed E-state index contributed by atoms with van der Waals surface area (Å²) >= 11 is 0. The van der Waals surface area contributed by atoms with Crippen molar-refractivity contribution in [3.63, 3.8) is 0 Å². The highest BCUT2D eigenvalue weighted by molar-refractivity contribution is 5.64. The summed E-state index contributed by atoms with van der Waals surface area (Å²) in [5.41, 5.74) is 3.33. The van der Waals surface area contributed by atoms with E-state index in [1.807, 2.05) is 12.1 Å².